The van der Waals surface area contributed by atoms with Gasteiger partial charge in [0.25, 0.3) is 11.8 Å². The van der Waals surface area contributed by atoms with Crippen molar-refractivity contribution in [3.05, 3.63) is 28.7 Å². The third kappa shape index (κ3) is 6.57. The Labute approximate surface area is 247 Å². The predicted molar refractivity (Wildman–Crippen MR) is 142 cm³/mol. The average Bonchev–Trinajstić information content (AvgIpc) is 3.70. The number of anilines is 1. The molecule has 0 radical (unpaired) electrons. The number of carboxylic acids is 2. The second-order valence-electron chi connectivity index (χ2n) is 9.31. The molecule has 5 rings (SSSR count). The molecule has 0 aromatic carbocycles. The molecule has 3 atom stereocenters. The van der Waals surface area contributed by atoms with Crippen LogP contribution in [0.1, 0.15) is 18.7 Å². The number of aliphatic carboxylic acids is 2. The number of β-lactam (4-membered cyclic amide) rings is 1. The zero-order valence-corrected chi connectivity index (χ0v) is 23.3. The number of amides is 3. The lowest BCUT2D eigenvalue weighted by Crippen LogP contribution is -2.71. The highest BCUT2D eigenvalue weighted by molar-refractivity contribution is 8.00. The first-order chi connectivity index (χ1) is 20.2. The Bertz CT molecular complexity index is 1440. The van der Waals surface area contributed by atoms with Gasteiger partial charge in [-0.15, -0.1) is 11.8 Å². The number of allylic oxidation sites excluding steroid dienone is 1. The Morgan fingerprint density at radius 1 is 1.23 bits per heavy atom. The van der Waals surface area contributed by atoms with Crippen molar-refractivity contribution in [2.24, 2.45) is 5.16 Å². The van der Waals surface area contributed by atoms with Crippen LogP contribution in [0.2, 0.25) is 0 Å². The van der Waals surface area contributed by atoms with Gasteiger partial charge in [-0.05, 0) is 31.0 Å². The summed E-state index contributed by atoms with van der Waals surface area (Å²) >= 11 is 2.07. The van der Waals surface area contributed by atoms with Crippen LogP contribution >= 0.6 is 23.3 Å². The molecule has 16 nitrogen and oxygen atoms in total. The molecule has 4 aliphatic heterocycles. The first-order valence-corrected chi connectivity index (χ1v) is 14.1. The molecule has 1 aromatic heterocycles. The molecule has 5 heterocycles. The number of carbonyl (C=O) groups excluding carboxylic acids is 3. The summed E-state index contributed by atoms with van der Waals surface area (Å²) < 4.78 is 35.6. The number of hydrogen-bond donors (Lipinski definition) is 6. The smallest absolute Gasteiger partial charge is 0.477 e. The topological polar surface area (TPSA) is 241 Å². The van der Waals surface area contributed by atoms with Crippen molar-refractivity contribution in [3.63, 3.8) is 0 Å². The van der Waals surface area contributed by atoms with Crippen molar-refractivity contribution < 1.29 is 52.6 Å². The van der Waals surface area contributed by atoms with Gasteiger partial charge in [-0.25, -0.2) is 9.59 Å². The fourth-order valence-electron chi connectivity index (χ4n) is 4.72. The SMILES string of the molecule is Nc1nc(C(=NO)C(=O)N[C@@H]2C(=O)N3C(C(=O)O)=C(C=C4CCN([C@@H]5CCNC5)C4=O)CS[C@H]23)ns1.O=C(O)C(F)(F)F. The normalized spacial score (nSPS) is 24.9. The van der Waals surface area contributed by atoms with Crippen LogP contribution in [0, 0.1) is 0 Å². The number of rotatable bonds is 6. The molecule has 3 saturated heterocycles. The van der Waals surface area contributed by atoms with Crippen LogP contribution in [0.15, 0.2) is 28.1 Å². The first kappa shape index (κ1) is 31.7. The number of fused-ring (bicyclic) bond motifs is 1. The Morgan fingerprint density at radius 2 is 1.93 bits per heavy atom. The van der Waals surface area contributed by atoms with E-state index < -0.39 is 47.1 Å². The van der Waals surface area contributed by atoms with E-state index in [0.29, 0.717) is 24.1 Å². The quantitative estimate of drug-likeness (QED) is 0.0728. The van der Waals surface area contributed by atoms with E-state index in [9.17, 15) is 42.7 Å². The van der Waals surface area contributed by atoms with Gasteiger partial charge >= 0.3 is 18.1 Å². The summed E-state index contributed by atoms with van der Waals surface area (Å²) in [5.74, 6) is -5.66. The molecular formula is C22H23F3N8O8S2. The van der Waals surface area contributed by atoms with Crippen molar-refractivity contribution in [1.29, 1.82) is 0 Å². The number of oxime groups is 1. The summed E-state index contributed by atoms with van der Waals surface area (Å²) in [4.78, 5) is 66.2. The van der Waals surface area contributed by atoms with Gasteiger partial charge < -0.3 is 36.7 Å². The molecule has 0 bridgehead atoms. The van der Waals surface area contributed by atoms with Crippen LogP contribution in [-0.4, -0.2) is 119 Å². The molecule has 0 spiro atoms. The van der Waals surface area contributed by atoms with Crippen molar-refractivity contribution in [2.45, 2.75) is 36.5 Å². The van der Waals surface area contributed by atoms with E-state index in [1.54, 1.807) is 6.08 Å². The monoisotopic (exact) mass is 648 g/mol. The molecule has 43 heavy (non-hydrogen) atoms. The zero-order valence-electron chi connectivity index (χ0n) is 21.7. The van der Waals surface area contributed by atoms with Crippen molar-refractivity contribution in [3.8, 4) is 0 Å². The van der Waals surface area contributed by atoms with Gasteiger partial charge in [0.05, 0.1) is 0 Å². The highest BCUT2D eigenvalue weighted by Gasteiger charge is 2.54. The number of nitrogens with two attached hydrogens (primary N) is 1. The number of hydrogen-bond acceptors (Lipinski definition) is 13. The lowest BCUT2D eigenvalue weighted by molar-refractivity contribution is -0.192. The highest BCUT2D eigenvalue weighted by atomic mass is 32.2. The number of carboxylic acid groups (broad SMARTS) is 2. The zero-order chi connectivity index (χ0) is 31.6. The summed E-state index contributed by atoms with van der Waals surface area (Å²) in [6.45, 7) is 2.17. The minimum Gasteiger partial charge on any atom is -0.477 e. The Balaban J connectivity index is 0.000000541. The van der Waals surface area contributed by atoms with Gasteiger partial charge in [0.2, 0.25) is 17.4 Å². The molecule has 232 valence electrons. The molecule has 3 amide bonds. The maximum Gasteiger partial charge on any atom is 0.490 e. The lowest BCUT2D eigenvalue weighted by Gasteiger charge is -2.49. The largest absolute Gasteiger partial charge is 0.490 e. The molecule has 0 unspecified atom stereocenters. The van der Waals surface area contributed by atoms with Crippen LogP contribution in [0.4, 0.5) is 18.3 Å². The number of nitrogens with one attached hydrogen (secondary N) is 2. The fraction of sp³-hybridized carbons (Fsp3) is 0.455. The Hall–Kier alpha value is -4.24. The number of carbonyl (C=O) groups is 5. The number of alkyl halides is 3. The third-order valence-electron chi connectivity index (χ3n) is 6.68. The molecule has 4 aliphatic rings. The van der Waals surface area contributed by atoms with Crippen LogP contribution in [-0.2, 0) is 24.0 Å². The van der Waals surface area contributed by atoms with E-state index in [1.807, 2.05) is 4.90 Å². The summed E-state index contributed by atoms with van der Waals surface area (Å²) in [6, 6.07) is -0.914. The number of nitrogens with zero attached hydrogens (tertiary/aromatic N) is 5. The average molecular weight is 649 g/mol. The fourth-order valence-corrected chi connectivity index (χ4v) is 6.46. The molecule has 0 aliphatic carbocycles. The summed E-state index contributed by atoms with van der Waals surface area (Å²) in [5.41, 5.74) is 5.67. The van der Waals surface area contributed by atoms with E-state index in [0.717, 1.165) is 35.9 Å². The first-order valence-electron chi connectivity index (χ1n) is 12.3. The van der Waals surface area contributed by atoms with Crippen LogP contribution in [0.5, 0.6) is 0 Å². The molecule has 7 N–H and O–H groups in total. The van der Waals surface area contributed by atoms with Gasteiger partial charge in [-0.2, -0.15) is 22.5 Å². The summed E-state index contributed by atoms with van der Waals surface area (Å²) in [5, 5.41) is 34.3. The predicted octanol–water partition coefficient (Wildman–Crippen LogP) is -0.809. The standard InChI is InChI=1S/C20H22N8O6S2.C2HF3O2/c21-20-24-14(26-36-20)11(25-34)15(29)23-12-17(31)28-13(19(32)33)9(7-35-18(12)28)5-8-2-4-27(16(8)30)10-1-3-22-6-10;3-2(4,5)1(6)7/h5,10,12,18,22,34H,1-4,6-7H2,(H,23,29)(H,32,33)(H2,21,24,26);(H,6,7)/t10-,12-,18-;/m1./s1. The van der Waals surface area contributed by atoms with E-state index in [-0.39, 0.29) is 34.4 Å². The van der Waals surface area contributed by atoms with Crippen molar-refractivity contribution >= 4 is 63.8 Å². The summed E-state index contributed by atoms with van der Waals surface area (Å²) in [7, 11) is 0. The second-order valence-corrected chi connectivity index (χ2v) is 11.2. The molecule has 3 fully saturated rings. The van der Waals surface area contributed by atoms with Crippen molar-refractivity contribution in [2.75, 3.05) is 31.1 Å². The minimum atomic E-state index is -5.08. The van der Waals surface area contributed by atoms with Crippen LogP contribution in [0.3, 0.4) is 0 Å². The second kappa shape index (κ2) is 12.6. The van der Waals surface area contributed by atoms with Gasteiger partial charge in [0.1, 0.15) is 17.1 Å². The number of halogens is 3. The molecule has 0 saturated carbocycles. The van der Waals surface area contributed by atoms with E-state index in [4.69, 9.17) is 15.6 Å². The minimum absolute atomic E-state index is 0.0642. The number of aromatic nitrogens is 2. The highest BCUT2D eigenvalue weighted by Crippen LogP contribution is 2.41. The van der Waals surface area contributed by atoms with Crippen molar-refractivity contribution in [1.82, 2.24) is 29.8 Å². The molecular weight excluding hydrogens is 625 g/mol. The number of nitrogen functional groups attached to an aromatic ring is 1. The van der Waals surface area contributed by atoms with E-state index >= 15 is 0 Å². The summed E-state index contributed by atoms with van der Waals surface area (Å²) in [6.07, 6.45) is -2.11. The maximum absolute atomic E-state index is 12.9. The van der Waals surface area contributed by atoms with E-state index in [1.165, 1.54) is 11.8 Å². The lowest BCUT2D eigenvalue weighted by atomic mass is 10.0. The van der Waals surface area contributed by atoms with Gasteiger partial charge in [0, 0.05) is 42.0 Å². The number of thioether (sulfide) groups is 1. The Kier molecular flexibility index (Phi) is 9.25. The van der Waals surface area contributed by atoms with E-state index in [2.05, 4.69) is 25.1 Å². The molecule has 1 aromatic rings. The third-order valence-corrected chi connectivity index (χ3v) is 8.52. The Morgan fingerprint density at radius 3 is 2.47 bits per heavy atom. The van der Waals surface area contributed by atoms with Gasteiger partial charge in [-0.3, -0.25) is 19.3 Å². The maximum atomic E-state index is 12.9. The van der Waals surface area contributed by atoms with Gasteiger partial charge in [-0.1, -0.05) is 5.16 Å². The van der Waals surface area contributed by atoms with Crippen LogP contribution < -0.4 is 16.4 Å². The number of likely N-dealkylation sites (tertiary alicyclic amines) is 1. The van der Waals surface area contributed by atoms with Crippen LogP contribution in [0.25, 0.3) is 0 Å². The van der Waals surface area contributed by atoms with Gasteiger partial charge in [0.15, 0.2) is 5.13 Å². The molecule has 21 heteroatoms.